The lowest BCUT2D eigenvalue weighted by Crippen LogP contribution is -2.29. The number of benzene rings is 1. The van der Waals surface area contributed by atoms with Gasteiger partial charge in [-0.3, -0.25) is 0 Å². The fourth-order valence-electron chi connectivity index (χ4n) is 1.69. The molecule has 0 heterocycles. The number of carboxylic acids is 1. The van der Waals surface area contributed by atoms with Gasteiger partial charge in [-0.25, -0.2) is 13.2 Å². The second kappa shape index (κ2) is 7.25. The second-order valence-electron chi connectivity index (χ2n) is 4.47. The van der Waals surface area contributed by atoms with Crippen molar-refractivity contribution in [1.82, 2.24) is 0 Å². The van der Waals surface area contributed by atoms with E-state index < -0.39 is 21.8 Å². The van der Waals surface area contributed by atoms with Crippen LogP contribution in [0, 0.1) is 0 Å². The highest BCUT2D eigenvalue weighted by Crippen LogP contribution is 2.16. The molecule has 6 nitrogen and oxygen atoms in total. The fraction of sp³-hybridized carbons (Fsp3) is 0.462. The predicted octanol–water partition coefficient (Wildman–Crippen LogP) is 1.38. The zero-order valence-electron chi connectivity index (χ0n) is 11.5. The van der Waals surface area contributed by atoms with Gasteiger partial charge >= 0.3 is 5.97 Å². The lowest BCUT2D eigenvalue weighted by molar-refractivity contribution is -0.138. The van der Waals surface area contributed by atoms with Crippen molar-refractivity contribution in [3.05, 3.63) is 24.3 Å². The standard InChI is InChI=1S/C13H19NO5S/c1-19-9-3-4-12(13(15)16)14-10-5-7-11(8-6-10)20(2,17)18/h5-8,12,14H,3-4,9H2,1-2H3,(H,15,16). The molecule has 0 aliphatic carbocycles. The minimum atomic E-state index is -3.24. The summed E-state index contributed by atoms with van der Waals surface area (Å²) >= 11 is 0. The van der Waals surface area contributed by atoms with Crippen molar-refractivity contribution in [2.45, 2.75) is 23.8 Å². The van der Waals surface area contributed by atoms with Crippen molar-refractivity contribution in [3.8, 4) is 0 Å². The third-order valence-corrected chi connectivity index (χ3v) is 3.89. The lowest BCUT2D eigenvalue weighted by Gasteiger charge is -2.15. The SMILES string of the molecule is COCCCC(Nc1ccc(S(C)(=O)=O)cc1)C(=O)O. The van der Waals surface area contributed by atoms with Crippen molar-refractivity contribution >= 4 is 21.5 Å². The molecule has 0 spiro atoms. The molecule has 1 aromatic rings. The van der Waals surface area contributed by atoms with Crippen LogP contribution in [0.2, 0.25) is 0 Å². The van der Waals surface area contributed by atoms with Crippen molar-refractivity contribution < 1.29 is 23.1 Å². The molecule has 1 aromatic carbocycles. The third-order valence-electron chi connectivity index (χ3n) is 2.76. The van der Waals surface area contributed by atoms with Crippen molar-refractivity contribution in [3.63, 3.8) is 0 Å². The molecule has 112 valence electrons. The maximum Gasteiger partial charge on any atom is 0.326 e. The Morgan fingerprint density at radius 1 is 1.35 bits per heavy atom. The van der Waals surface area contributed by atoms with Gasteiger partial charge in [-0.15, -0.1) is 0 Å². The minimum absolute atomic E-state index is 0.203. The van der Waals surface area contributed by atoms with E-state index in [2.05, 4.69) is 5.32 Å². The Hall–Kier alpha value is -1.60. The fourth-order valence-corrected chi connectivity index (χ4v) is 2.32. The quantitative estimate of drug-likeness (QED) is 0.705. The molecule has 0 aliphatic rings. The number of methoxy groups -OCH3 is 1. The first kappa shape index (κ1) is 16.5. The minimum Gasteiger partial charge on any atom is -0.480 e. The zero-order chi connectivity index (χ0) is 15.2. The van der Waals surface area contributed by atoms with Crippen molar-refractivity contribution in [2.75, 3.05) is 25.3 Å². The topological polar surface area (TPSA) is 92.7 Å². The molecule has 0 amide bonds. The molecule has 0 aliphatic heterocycles. The summed E-state index contributed by atoms with van der Waals surface area (Å²) in [4.78, 5) is 11.3. The third kappa shape index (κ3) is 5.18. The maximum absolute atomic E-state index is 11.3. The van der Waals surface area contributed by atoms with Crippen LogP contribution in [0.15, 0.2) is 29.2 Å². The van der Waals surface area contributed by atoms with Gasteiger partial charge in [0.1, 0.15) is 6.04 Å². The van der Waals surface area contributed by atoms with E-state index in [-0.39, 0.29) is 4.90 Å². The van der Waals surface area contributed by atoms with Gasteiger partial charge in [0.05, 0.1) is 4.90 Å². The number of sulfone groups is 1. The first-order valence-electron chi connectivity index (χ1n) is 6.13. The number of ether oxygens (including phenoxy) is 1. The van der Waals surface area contributed by atoms with E-state index in [0.29, 0.717) is 25.1 Å². The second-order valence-corrected chi connectivity index (χ2v) is 6.48. The number of hydrogen-bond acceptors (Lipinski definition) is 5. The molecule has 0 fully saturated rings. The monoisotopic (exact) mass is 301 g/mol. The maximum atomic E-state index is 11.3. The van der Waals surface area contributed by atoms with E-state index >= 15 is 0 Å². The number of carbonyl (C=O) groups is 1. The van der Waals surface area contributed by atoms with Gasteiger partial charge in [0.15, 0.2) is 9.84 Å². The van der Waals surface area contributed by atoms with Crippen LogP contribution in [-0.4, -0.2) is 45.5 Å². The Kier molecular flexibility index (Phi) is 5.97. The van der Waals surface area contributed by atoms with E-state index in [9.17, 15) is 13.2 Å². The van der Waals surface area contributed by atoms with Gasteiger partial charge in [0.25, 0.3) is 0 Å². The zero-order valence-corrected chi connectivity index (χ0v) is 12.3. The number of aliphatic carboxylic acids is 1. The van der Waals surface area contributed by atoms with Crippen LogP contribution in [-0.2, 0) is 19.4 Å². The molecule has 1 unspecified atom stereocenters. The molecule has 2 N–H and O–H groups in total. The van der Waals surface area contributed by atoms with Gasteiger partial charge in [-0.05, 0) is 37.1 Å². The average molecular weight is 301 g/mol. The van der Waals surface area contributed by atoms with Gasteiger partial charge in [0.2, 0.25) is 0 Å². The highest BCUT2D eigenvalue weighted by Gasteiger charge is 2.16. The van der Waals surface area contributed by atoms with Crippen LogP contribution in [0.3, 0.4) is 0 Å². The summed E-state index contributed by atoms with van der Waals surface area (Å²) in [6.45, 7) is 0.498. The number of hydrogen-bond donors (Lipinski definition) is 2. The molecule has 0 radical (unpaired) electrons. The number of anilines is 1. The lowest BCUT2D eigenvalue weighted by atomic mass is 10.1. The van der Waals surface area contributed by atoms with Gasteiger partial charge in [0, 0.05) is 25.7 Å². The molecule has 1 atom stereocenters. The summed E-state index contributed by atoms with van der Waals surface area (Å²) in [5.74, 6) is -0.951. The summed E-state index contributed by atoms with van der Waals surface area (Å²) in [6.07, 6.45) is 2.18. The van der Waals surface area contributed by atoms with E-state index in [1.165, 1.54) is 12.1 Å². The number of rotatable bonds is 8. The van der Waals surface area contributed by atoms with Crippen LogP contribution in [0.4, 0.5) is 5.69 Å². The molecule has 0 bridgehead atoms. The average Bonchev–Trinajstić information content (AvgIpc) is 2.37. The van der Waals surface area contributed by atoms with Gasteiger partial charge < -0.3 is 15.2 Å². The summed E-state index contributed by atoms with van der Waals surface area (Å²) in [6, 6.07) is 5.29. The predicted molar refractivity (Wildman–Crippen MR) is 75.7 cm³/mol. The van der Waals surface area contributed by atoms with E-state index in [0.717, 1.165) is 6.26 Å². The number of carboxylic acid groups (broad SMARTS) is 1. The van der Waals surface area contributed by atoms with Gasteiger partial charge in [-0.1, -0.05) is 0 Å². The normalized spacial score (nSPS) is 12.9. The Morgan fingerprint density at radius 2 is 1.95 bits per heavy atom. The molecule has 20 heavy (non-hydrogen) atoms. The van der Waals surface area contributed by atoms with E-state index in [4.69, 9.17) is 9.84 Å². The molecular formula is C13H19NO5S. The molecule has 0 aromatic heterocycles. The first-order valence-corrected chi connectivity index (χ1v) is 8.02. The molecule has 0 saturated heterocycles. The van der Waals surface area contributed by atoms with Crippen molar-refractivity contribution in [2.24, 2.45) is 0 Å². The van der Waals surface area contributed by atoms with Crippen LogP contribution in [0.5, 0.6) is 0 Å². The summed E-state index contributed by atoms with van der Waals surface area (Å²) < 4.78 is 27.5. The summed E-state index contributed by atoms with van der Waals surface area (Å²) in [5, 5.41) is 12.0. The van der Waals surface area contributed by atoms with Crippen LogP contribution in [0.25, 0.3) is 0 Å². The number of nitrogens with one attached hydrogen (secondary N) is 1. The summed E-state index contributed by atoms with van der Waals surface area (Å²) in [5.41, 5.74) is 0.571. The van der Waals surface area contributed by atoms with Crippen LogP contribution < -0.4 is 5.32 Å². The van der Waals surface area contributed by atoms with Crippen molar-refractivity contribution in [1.29, 1.82) is 0 Å². The van der Waals surface area contributed by atoms with Crippen LogP contribution in [0.1, 0.15) is 12.8 Å². The van der Waals surface area contributed by atoms with E-state index in [1.54, 1.807) is 19.2 Å². The highest BCUT2D eigenvalue weighted by molar-refractivity contribution is 7.90. The smallest absolute Gasteiger partial charge is 0.326 e. The largest absolute Gasteiger partial charge is 0.480 e. The Bertz CT molecular complexity index is 538. The van der Waals surface area contributed by atoms with Gasteiger partial charge in [-0.2, -0.15) is 0 Å². The summed E-state index contributed by atoms with van der Waals surface area (Å²) in [7, 11) is -1.68. The Morgan fingerprint density at radius 3 is 2.40 bits per heavy atom. The first-order chi connectivity index (χ1) is 9.34. The van der Waals surface area contributed by atoms with E-state index in [1.807, 2.05) is 0 Å². The molecule has 7 heteroatoms. The highest BCUT2D eigenvalue weighted by atomic mass is 32.2. The molecule has 0 saturated carbocycles. The Balaban J connectivity index is 2.71. The molecule has 1 rings (SSSR count). The molecular weight excluding hydrogens is 282 g/mol. The van der Waals surface area contributed by atoms with Crippen LogP contribution >= 0.6 is 0 Å². The Labute approximate surface area is 118 Å².